The van der Waals surface area contributed by atoms with Crippen LogP contribution in [0, 0.1) is 5.92 Å². The highest BCUT2D eigenvalue weighted by Crippen LogP contribution is 2.42. The number of alkyl halides is 2. The lowest BCUT2D eigenvalue weighted by molar-refractivity contribution is -0.0394. The molecule has 2 atom stereocenters. The van der Waals surface area contributed by atoms with Crippen LogP contribution in [-0.4, -0.2) is 28.5 Å². The normalized spacial score (nSPS) is 29.8. The van der Waals surface area contributed by atoms with Gasteiger partial charge >= 0.3 is 0 Å². The molecule has 24 heavy (non-hydrogen) atoms. The standard InChI is InChI=1S/C17H21ClF2N4/c18-24-15-10-13(21)9-12-3-1-2-4-14(12)23(15)16(22-24)11-5-7-17(19,20)8-6-11/h1-4,11,13,15H,5-10,21H2. The van der Waals surface area contributed by atoms with Crippen molar-refractivity contribution in [1.82, 2.24) is 4.53 Å². The zero-order valence-electron chi connectivity index (χ0n) is 13.3. The maximum absolute atomic E-state index is 13.5. The Hall–Kier alpha value is -1.40. The number of fused-ring (bicyclic) bond motifs is 3. The van der Waals surface area contributed by atoms with Crippen molar-refractivity contribution in [3.05, 3.63) is 29.8 Å². The van der Waals surface area contributed by atoms with Gasteiger partial charge in [-0.2, -0.15) is 4.53 Å². The van der Waals surface area contributed by atoms with E-state index in [2.05, 4.69) is 16.1 Å². The van der Waals surface area contributed by atoms with Gasteiger partial charge in [0.1, 0.15) is 12.0 Å². The lowest BCUT2D eigenvalue weighted by Gasteiger charge is -2.34. The van der Waals surface area contributed by atoms with Gasteiger partial charge in [0, 0.05) is 48.7 Å². The van der Waals surface area contributed by atoms with Gasteiger partial charge < -0.3 is 10.6 Å². The van der Waals surface area contributed by atoms with Gasteiger partial charge in [-0.05, 0) is 30.9 Å². The van der Waals surface area contributed by atoms with Crippen LogP contribution in [0.4, 0.5) is 14.5 Å². The van der Waals surface area contributed by atoms with Gasteiger partial charge in [0.25, 0.3) is 0 Å². The fourth-order valence-corrected chi connectivity index (χ4v) is 4.31. The molecule has 1 aromatic rings. The molecule has 130 valence electrons. The third-order valence-electron chi connectivity index (χ3n) is 5.32. The highest BCUT2D eigenvalue weighted by molar-refractivity contribution is 6.16. The van der Waals surface area contributed by atoms with Gasteiger partial charge in [0.05, 0.1) is 0 Å². The van der Waals surface area contributed by atoms with Crippen LogP contribution in [0.15, 0.2) is 29.4 Å². The summed E-state index contributed by atoms with van der Waals surface area (Å²) in [4.78, 5) is 2.13. The zero-order valence-corrected chi connectivity index (χ0v) is 14.1. The number of benzene rings is 1. The van der Waals surface area contributed by atoms with Crippen LogP contribution in [0.25, 0.3) is 0 Å². The van der Waals surface area contributed by atoms with Crippen LogP contribution in [-0.2, 0) is 6.42 Å². The Balaban J connectivity index is 1.69. The van der Waals surface area contributed by atoms with Crippen molar-refractivity contribution in [1.29, 1.82) is 0 Å². The third-order valence-corrected chi connectivity index (χ3v) is 5.62. The van der Waals surface area contributed by atoms with Gasteiger partial charge in [0.15, 0.2) is 0 Å². The molecule has 1 saturated carbocycles. The van der Waals surface area contributed by atoms with E-state index in [1.54, 1.807) is 0 Å². The van der Waals surface area contributed by atoms with Gasteiger partial charge in [-0.15, -0.1) is 5.10 Å². The molecule has 1 fully saturated rings. The van der Waals surface area contributed by atoms with Crippen molar-refractivity contribution in [2.75, 3.05) is 4.90 Å². The van der Waals surface area contributed by atoms with Crippen LogP contribution in [0.1, 0.15) is 37.7 Å². The first kappa shape index (κ1) is 16.1. The summed E-state index contributed by atoms with van der Waals surface area (Å²) in [5, 5.41) is 4.52. The number of rotatable bonds is 1. The smallest absolute Gasteiger partial charge is 0.248 e. The molecule has 3 aliphatic rings. The van der Waals surface area contributed by atoms with Crippen LogP contribution < -0.4 is 10.6 Å². The highest BCUT2D eigenvalue weighted by atomic mass is 35.5. The van der Waals surface area contributed by atoms with E-state index < -0.39 is 5.92 Å². The molecule has 2 heterocycles. The summed E-state index contributed by atoms with van der Waals surface area (Å²) in [6.07, 6.45) is 2.03. The topological polar surface area (TPSA) is 44.9 Å². The monoisotopic (exact) mass is 354 g/mol. The fourth-order valence-electron chi connectivity index (χ4n) is 4.07. The molecule has 2 unspecified atom stereocenters. The predicted octanol–water partition coefficient (Wildman–Crippen LogP) is 3.70. The summed E-state index contributed by atoms with van der Waals surface area (Å²) in [5.74, 6) is -1.72. The molecule has 4 rings (SSSR count). The second-order valence-electron chi connectivity index (χ2n) is 7.06. The summed E-state index contributed by atoms with van der Waals surface area (Å²) in [6.45, 7) is 0. The van der Waals surface area contributed by atoms with Crippen molar-refractivity contribution in [3.63, 3.8) is 0 Å². The Labute approximate surface area is 145 Å². The number of hydrazone groups is 1. The summed E-state index contributed by atoms with van der Waals surface area (Å²) >= 11 is 6.36. The first-order chi connectivity index (χ1) is 11.4. The molecule has 0 saturated heterocycles. The molecule has 2 aliphatic heterocycles. The van der Waals surface area contributed by atoms with Gasteiger partial charge in [-0.25, -0.2) is 8.78 Å². The SMILES string of the molecule is NC1Cc2ccccc2N2C(C3CCC(F)(F)CC3)=NN(Cl)C2C1. The maximum atomic E-state index is 13.5. The molecule has 0 bridgehead atoms. The van der Waals surface area contributed by atoms with Crippen LogP contribution >= 0.6 is 11.8 Å². The molecule has 0 radical (unpaired) electrons. The van der Waals surface area contributed by atoms with Gasteiger partial charge in [-0.3, -0.25) is 0 Å². The molecule has 2 N–H and O–H groups in total. The van der Waals surface area contributed by atoms with E-state index in [4.69, 9.17) is 17.5 Å². The minimum absolute atomic E-state index is 0.00682. The van der Waals surface area contributed by atoms with E-state index in [-0.39, 0.29) is 31.0 Å². The number of anilines is 1. The number of para-hydroxylation sites is 1. The number of hydrogen-bond acceptors (Lipinski definition) is 4. The summed E-state index contributed by atoms with van der Waals surface area (Å²) < 4.78 is 28.5. The molecule has 0 spiro atoms. The molecule has 0 amide bonds. The van der Waals surface area contributed by atoms with Crippen molar-refractivity contribution >= 4 is 23.3 Å². The minimum atomic E-state index is -2.55. The van der Waals surface area contributed by atoms with E-state index in [0.717, 1.165) is 23.5 Å². The molecular formula is C17H21ClF2N4. The largest absolute Gasteiger partial charge is 0.327 e. The Kier molecular flexibility index (Phi) is 3.92. The molecule has 1 aliphatic carbocycles. The number of amidine groups is 1. The van der Waals surface area contributed by atoms with Crippen LogP contribution in [0.5, 0.6) is 0 Å². The van der Waals surface area contributed by atoms with Gasteiger partial charge in [0.2, 0.25) is 5.92 Å². The Morgan fingerprint density at radius 3 is 2.67 bits per heavy atom. The number of nitrogens with two attached hydrogens (primary N) is 1. The van der Waals surface area contributed by atoms with Crippen LogP contribution in [0.2, 0.25) is 0 Å². The molecule has 0 aromatic heterocycles. The van der Waals surface area contributed by atoms with Crippen molar-refractivity contribution in [3.8, 4) is 0 Å². The molecule has 1 aromatic carbocycles. The molecule has 7 heteroatoms. The fraction of sp³-hybridized carbons (Fsp3) is 0.588. The van der Waals surface area contributed by atoms with E-state index >= 15 is 0 Å². The first-order valence-corrected chi connectivity index (χ1v) is 8.82. The number of halogens is 3. The number of nitrogens with zero attached hydrogens (tertiary/aromatic N) is 3. The summed E-state index contributed by atoms with van der Waals surface area (Å²) in [7, 11) is 0. The molecule has 4 nitrogen and oxygen atoms in total. The van der Waals surface area contributed by atoms with Crippen LogP contribution in [0.3, 0.4) is 0 Å². The van der Waals surface area contributed by atoms with Crippen molar-refractivity contribution in [2.45, 2.75) is 56.7 Å². The van der Waals surface area contributed by atoms with E-state index in [1.807, 2.05) is 18.2 Å². The van der Waals surface area contributed by atoms with Crippen molar-refractivity contribution < 1.29 is 8.78 Å². The second-order valence-corrected chi connectivity index (χ2v) is 7.40. The lowest BCUT2D eigenvalue weighted by atomic mass is 9.85. The first-order valence-electron chi connectivity index (χ1n) is 8.49. The number of hydrogen-bond donors (Lipinski definition) is 1. The Bertz CT molecular complexity index is 656. The van der Waals surface area contributed by atoms with E-state index in [0.29, 0.717) is 19.3 Å². The van der Waals surface area contributed by atoms with Gasteiger partial charge in [-0.1, -0.05) is 18.2 Å². The Morgan fingerprint density at radius 2 is 1.92 bits per heavy atom. The zero-order chi connectivity index (χ0) is 16.9. The molecular weight excluding hydrogens is 334 g/mol. The van der Waals surface area contributed by atoms with Crippen molar-refractivity contribution in [2.24, 2.45) is 16.8 Å². The summed E-state index contributed by atoms with van der Waals surface area (Å²) in [5.41, 5.74) is 8.48. The third kappa shape index (κ3) is 2.75. The predicted molar refractivity (Wildman–Crippen MR) is 91.0 cm³/mol. The lowest BCUT2D eigenvalue weighted by Crippen LogP contribution is -2.45. The van der Waals surface area contributed by atoms with E-state index in [9.17, 15) is 8.78 Å². The average molecular weight is 355 g/mol. The second kappa shape index (κ2) is 5.85. The minimum Gasteiger partial charge on any atom is -0.327 e. The average Bonchev–Trinajstić information content (AvgIpc) is 2.76. The quantitative estimate of drug-likeness (QED) is 0.782. The maximum Gasteiger partial charge on any atom is 0.248 e. The van der Waals surface area contributed by atoms with E-state index in [1.165, 1.54) is 4.53 Å². The summed E-state index contributed by atoms with van der Waals surface area (Å²) in [6, 6.07) is 8.09. The highest BCUT2D eigenvalue weighted by Gasteiger charge is 2.44. The Morgan fingerprint density at radius 1 is 1.21 bits per heavy atom.